The highest BCUT2D eigenvalue weighted by Gasteiger charge is 2.23. The Morgan fingerprint density at radius 1 is 1.38 bits per heavy atom. The molecule has 2 aromatic rings. The minimum atomic E-state index is -0.845. The molecule has 0 unspecified atom stereocenters. The van der Waals surface area contributed by atoms with Crippen molar-refractivity contribution in [1.29, 1.82) is 0 Å². The quantitative estimate of drug-likeness (QED) is 0.590. The first-order valence-electron chi connectivity index (χ1n) is 4.70. The summed E-state index contributed by atoms with van der Waals surface area (Å²) in [6, 6.07) is 0. The fourth-order valence-corrected chi connectivity index (χ4v) is 1.20. The van der Waals surface area contributed by atoms with E-state index >= 15 is 0 Å². The second kappa shape index (κ2) is 3.99. The summed E-state index contributed by atoms with van der Waals surface area (Å²) in [6.45, 7) is 1.24. The van der Waals surface area contributed by atoms with Gasteiger partial charge in [-0.25, -0.2) is 0 Å². The van der Waals surface area contributed by atoms with Crippen LogP contribution in [0.1, 0.15) is 6.92 Å². The van der Waals surface area contributed by atoms with E-state index in [-0.39, 0.29) is 13.2 Å². The number of anilines is 1. The maximum absolute atomic E-state index is 9.17. The second-order valence-electron chi connectivity index (χ2n) is 3.74. The molecule has 3 N–H and O–H groups in total. The number of nitrogens with zero attached hydrogens (tertiary/aromatic N) is 5. The lowest BCUT2D eigenvalue weighted by molar-refractivity contribution is 0.147. The van der Waals surface area contributed by atoms with Crippen LogP contribution in [0.2, 0.25) is 0 Å². The summed E-state index contributed by atoms with van der Waals surface area (Å²) in [5, 5.41) is 32.3. The lowest BCUT2D eigenvalue weighted by atomic mass is 10.1. The van der Waals surface area contributed by atoms with E-state index in [0.717, 1.165) is 0 Å². The zero-order valence-corrected chi connectivity index (χ0v) is 8.70. The molecule has 0 radical (unpaired) electrons. The molecule has 16 heavy (non-hydrogen) atoms. The van der Waals surface area contributed by atoms with Crippen molar-refractivity contribution in [1.82, 2.24) is 25.0 Å². The zero-order chi connectivity index (χ0) is 11.6. The van der Waals surface area contributed by atoms with Crippen LogP contribution in [-0.2, 0) is 0 Å². The van der Waals surface area contributed by atoms with Gasteiger partial charge in [0.15, 0.2) is 11.5 Å². The van der Waals surface area contributed by atoms with E-state index in [4.69, 9.17) is 10.2 Å². The van der Waals surface area contributed by atoms with Crippen LogP contribution in [0.5, 0.6) is 0 Å². The van der Waals surface area contributed by atoms with Crippen LogP contribution >= 0.6 is 0 Å². The highest BCUT2D eigenvalue weighted by Crippen LogP contribution is 2.13. The summed E-state index contributed by atoms with van der Waals surface area (Å²) in [7, 11) is 0. The summed E-state index contributed by atoms with van der Waals surface area (Å²) < 4.78 is 1.44. The van der Waals surface area contributed by atoms with Gasteiger partial charge in [0, 0.05) is 0 Å². The van der Waals surface area contributed by atoms with Crippen molar-refractivity contribution >= 4 is 11.5 Å². The largest absolute Gasteiger partial charge is 0.394 e. The summed E-state index contributed by atoms with van der Waals surface area (Å²) in [5.41, 5.74) is -0.356. The first-order valence-corrected chi connectivity index (χ1v) is 4.70. The van der Waals surface area contributed by atoms with Gasteiger partial charge < -0.3 is 15.5 Å². The molecule has 8 nitrogen and oxygen atoms in total. The SMILES string of the molecule is CC(CO)(CO)Nc1cncc2nnnn12. The van der Waals surface area contributed by atoms with Crippen LogP contribution in [0.3, 0.4) is 0 Å². The molecule has 0 bridgehead atoms. The maximum atomic E-state index is 9.17. The van der Waals surface area contributed by atoms with Gasteiger partial charge >= 0.3 is 0 Å². The number of nitrogens with one attached hydrogen (secondary N) is 1. The van der Waals surface area contributed by atoms with E-state index in [0.29, 0.717) is 11.5 Å². The minimum absolute atomic E-state index is 0.220. The van der Waals surface area contributed by atoms with E-state index in [1.165, 1.54) is 16.9 Å². The predicted octanol–water partition coefficient (Wildman–Crippen LogP) is -1.33. The van der Waals surface area contributed by atoms with Crippen molar-refractivity contribution in [2.45, 2.75) is 12.5 Å². The predicted molar refractivity (Wildman–Crippen MR) is 54.8 cm³/mol. The Morgan fingerprint density at radius 2 is 2.12 bits per heavy atom. The van der Waals surface area contributed by atoms with Gasteiger partial charge in [-0.3, -0.25) is 4.98 Å². The van der Waals surface area contributed by atoms with Crippen molar-refractivity contribution in [3.05, 3.63) is 12.4 Å². The maximum Gasteiger partial charge on any atom is 0.199 e. The van der Waals surface area contributed by atoms with Gasteiger partial charge in [0.1, 0.15) is 0 Å². The van der Waals surface area contributed by atoms with E-state index < -0.39 is 5.54 Å². The van der Waals surface area contributed by atoms with Crippen molar-refractivity contribution in [2.24, 2.45) is 0 Å². The van der Waals surface area contributed by atoms with Crippen molar-refractivity contribution in [3.8, 4) is 0 Å². The summed E-state index contributed by atoms with van der Waals surface area (Å²) in [5.74, 6) is 0.508. The number of aromatic nitrogens is 5. The number of hydrogen-bond donors (Lipinski definition) is 3. The van der Waals surface area contributed by atoms with Gasteiger partial charge in [-0.15, -0.1) is 5.10 Å². The molecular formula is C8H12N6O2. The fourth-order valence-electron chi connectivity index (χ4n) is 1.20. The van der Waals surface area contributed by atoms with Gasteiger partial charge in [-0.05, 0) is 17.4 Å². The molecule has 0 amide bonds. The molecule has 8 heteroatoms. The molecule has 0 spiro atoms. The monoisotopic (exact) mass is 224 g/mol. The Kier molecular flexibility index (Phi) is 2.67. The molecule has 2 aromatic heterocycles. The molecule has 0 aliphatic heterocycles. The summed E-state index contributed by atoms with van der Waals surface area (Å²) in [4.78, 5) is 3.95. The molecular weight excluding hydrogens is 212 g/mol. The van der Waals surface area contributed by atoms with E-state index in [1.807, 2.05) is 0 Å². The average molecular weight is 224 g/mol. The van der Waals surface area contributed by atoms with Crippen LogP contribution in [-0.4, -0.2) is 54.0 Å². The molecule has 86 valence electrons. The van der Waals surface area contributed by atoms with E-state index in [1.54, 1.807) is 6.92 Å². The molecule has 0 atom stereocenters. The Bertz CT molecular complexity index is 480. The van der Waals surface area contributed by atoms with Crippen LogP contribution in [0, 0.1) is 0 Å². The number of rotatable bonds is 4. The molecule has 0 fully saturated rings. The first kappa shape index (κ1) is 10.7. The topological polar surface area (TPSA) is 108 Å². The molecule has 0 aliphatic rings. The van der Waals surface area contributed by atoms with Gasteiger partial charge in [0.05, 0.1) is 31.1 Å². The molecule has 0 aromatic carbocycles. The van der Waals surface area contributed by atoms with Crippen LogP contribution in [0.15, 0.2) is 12.4 Å². The third kappa shape index (κ3) is 1.79. The Morgan fingerprint density at radius 3 is 2.81 bits per heavy atom. The van der Waals surface area contributed by atoms with Gasteiger partial charge in [-0.2, -0.15) is 4.52 Å². The lowest BCUT2D eigenvalue weighted by Crippen LogP contribution is -2.43. The number of tetrazole rings is 1. The van der Waals surface area contributed by atoms with Crippen molar-refractivity contribution in [3.63, 3.8) is 0 Å². The van der Waals surface area contributed by atoms with Gasteiger partial charge in [0.2, 0.25) is 0 Å². The zero-order valence-electron chi connectivity index (χ0n) is 8.70. The van der Waals surface area contributed by atoms with Crippen molar-refractivity contribution in [2.75, 3.05) is 18.5 Å². The standard InChI is InChI=1S/C8H12N6O2/c1-8(4-15,5-16)10-6-2-9-3-7-11-12-13-14(6)7/h2-3,10,15-16H,4-5H2,1H3. The van der Waals surface area contributed by atoms with Crippen molar-refractivity contribution < 1.29 is 10.2 Å². The summed E-state index contributed by atoms with van der Waals surface area (Å²) in [6.07, 6.45) is 3.04. The normalized spacial score (nSPS) is 11.9. The number of aliphatic hydroxyl groups excluding tert-OH is 2. The number of aliphatic hydroxyl groups is 2. The number of fused-ring (bicyclic) bond motifs is 1. The van der Waals surface area contributed by atoms with E-state index in [2.05, 4.69) is 25.8 Å². The highest BCUT2D eigenvalue weighted by atomic mass is 16.3. The van der Waals surface area contributed by atoms with Gasteiger partial charge in [0.25, 0.3) is 0 Å². The number of hydrogen-bond acceptors (Lipinski definition) is 7. The Hall–Kier alpha value is -1.80. The molecule has 2 rings (SSSR count). The summed E-state index contributed by atoms with van der Waals surface area (Å²) >= 11 is 0. The highest BCUT2D eigenvalue weighted by molar-refractivity contribution is 5.45. The average Bonchev–Trinajstić information content (AvgIpc) is 2.78. The Balaban J connectivity index is 2.37. The van der Waals surface area contributed by atoms with Crippen LogP contribution in [0.25, 0.3) is 5.65 Å². The minimum Gasteiger partial charge on any atom is -0.394 e. The third-order valence-corrected chi connectivity index (χ3v) is 2.24. The third-order valence-electron chi connectivity index (χ3n) is 2.24. The Labute approximate surface area is 90.9 Å². The first-order chi connectivity index (χ1) is 7.68. The van der Waals surface area contributed by atoms with Crippen LogP contribution in [0.4, 0.5) is 5.82 Å². The fraction of sp³-hybridized carbons (Fsp3) is 0.500. The molecule has 0 saturated heterocycles. The second-order valence-corrected chi connectivity index (χ2v) is 3.74. The lowest BCUT2D eigenvalue weighted by Gasteiger charge is -2.26. The molecule has 0 saturated carbocycles. The molecule has 0 aliphatic carbocycles. The van der Waals surface area contributed by atoms with Crippen LogP contribution < -0.4 is 5.32 Å². The smallest absolute Gasteiger partial charge is 0.199 e. The van der Waals surface area contributed by atoms with Gasteiger partial charge in [-0.1, -0.05) is 0 Å². The molecule has 2 heterocycles. The van der Waals surface area contributed by atoms with E-state index in [9.17, 15) is 0 Å².